The molecule has 6 heteroatoms. The van der Waals surface area contributed by atoms with Gasteiger partial charge in [-0.05, 0) is 22.9 Å². The Labute approximate surface area is 185 Å². The van der Waals surface area contributed by atoms with E-state index in [4.69, 9.17) is 9.72 Å². The van der Waals surface area contributed by atoms with E-state index >= 15 is 0 Å². The second-order valence-corrected chi connectivity index (χ2v) is 8.92. The highest BCUT2D eigenvalue weighted by molar-refractivity contribution is 7.15. The van der Waals surface area contributed by atoms with Crippen molar-refractivity contribution < 1.29 is 14.4 Å². The fraction of sp³-hybridized carbons (Fsp3) is 0.200. The number of hydrogen-bond acceptors (Lipinski definition) is 4. The Bertz CT molecular complexity index is 1240. The van der Waals surface area contributed by atoms with Crippen LogP contribution in [0.1, 0.15) is 26.5 Å². The first kappa shape index (κ1) is 19.7. The Hall–Kier alpha value is -3.22. The molecule has 0 aliphatic carbocycles. The number of nitrogens with one attached hydrogen (secondary N) is 2. The van der Waals surface area contributed by atoms with Crippen LogP contribution in [0.25, 0.3) is 10.8 Å². The largest absolute Gasteiger partial charge is 0.496 e. The summed E-state index contributed by atoms with van der Waals surface area (Å²) in [5.74, 6) is 0.373. The third-order valence-electron chi connectivity index (χ3n) is 5.73. The van der Waals surface area contributed by atoms with Crippen LogP contribution in [0.15, 0.2) is 66.7 Å². The molecule has 1 aliphatic rings. The lowest BCUT2D eigenvalue weighted by atomic mass is 10.1. The average molecular weight is 431 g/mol. The molecule has 3 aromatic carbocycles. The number of carbonyl (C=O) groups is 1. The number of nitrogens with zero attached hydrogens (tertiary/aromatic N) is 1. The summed E-state index contributed by atoms with van der Waals surface area (Å²) in [6.45, 7) is 3.00. The predicted octanol–water partition coefficient (Wildman–Crippen LogP) is 3.70. The van der Waals surface area contributed by atoms with Crippen LogP contribution >= 0.6 is 11.3 Å². The molecule has 1 unspecified atom stereocenters. The molecule has 2 N–H and O–H groups in total. The zero-order valence-corrected chi connectivity index (χ0v) is 18.2. The number of thiazole rings is 1. The second-order valence-electron chi connectivity index (χ2n) is 7.83. The van der Waals surface area contributed by atoms with E-state index in [0.29, 0.717) is 16.4 Å². The van der Waals surface area contributed by atoms with Crippen molar-refractivity contribution in [1.29, 1.82) is 0 Å². The van der Waals surface area contributed by atoms with E-state index < -0.39 is 0 Å². The van der Waals surface area contributed by atoms with Crippen molar-refractivity contribution in [2.24, 2.45) is 0 Å². The molecule has 1 amide bonds. The highest BCUT2D eigenvalue weighted by atomic mass is 32.1. The van der Waals surface area contributed by atoms with Crippen LogP contribution in [0.3, 0.4) is 0 Å². The molecule has 1 aromatic heterocycles. The van der Waals surface area contributed by atoms with Gasteiger partial charge >= 0.3 is 0 Å². The monoisotopic (exact) mass is 430 g/mol. The molecule has 1 aliphatic heterocycles. The summed E-state index contributed by atoms with van der Waals surface area (Å²) >= 11 is 1.59. The van der Waals surface area contributed by atoms with Crippen molar-refractivity contribution in [3.63, 3.8) is 0 Å². The maximum Gasteiger partial charge on any atom is 0.261 e. The summed E-state index contributed by atoms with van der Waals surface area (Å²) in [6, 6.07) is 22.3. The van der Waals surface area contributed by atoms with Gasteiger partial charge in [0.25, 0.3) is 5.91 Å². The molecule has 0 fully saturated rings. The van der Waals surface area contributed by atoms with E-state index in [1.807, 2.05) is 36.4 Å². The molecule has 4 aromatic rings. The summed E-state index contributed by atoms with van der Waals surface area (Å²) in [5, 5.41) is 5.71. The molecule has 0 saturated heterocycles. The Kier molecular flexibility index (Phi) is 5.40. The third-order valence-corrected chi connectivity index (χ3v) is 6.75. The van der Waals surface area contributed by atoms with Crippen LogP contribution < -0.4 is 15.0 Å². The highest BCUT2D eigenvalue weighted by Gasteiger charge is 2.25. The summed E-state index contributed by atoms with van der Waals surface area (Å²) in [5.41, 5.74) is 2.98. The van der Waals surface area contributed by atoms with Crippen molar-refractivity contribution in [3.05, 3.63) is 88.4 Å². The molecule has 5 nitrogen and oxygen atoms in total. The number of carbonyl (C=O) groups excluding carboxylic acids is 1. The lowest BCUT2D eigenvalue weighted by Crippen LogP contribution is -3.10. The predicted molar refractivity (Wildman–Crippen MR) is 124 cm³/mol. The second kappa shape index (κ2) is 8.49. The van der Waals surface area contributed by atoms with Crippen LogP contribution in [0.5, 0.6) is 5.75 Å². The molecule has 0 spiro atoms. The van der Waals surface area contributed by atoms with Gasteiger partial charge in [-0.25, -0.2) is 4.98 Å². The Morgan fingerprint density at radius 1 is 1.10 bits per heavy atom. The summed E-state index contributed by atoms with van der Waals surface area (Å²) < 4.78 is 5.48. The smallest absolute Gasteiger partial charge is 0.261 e. The quantitative estimate of drug-likeness (QED) is 0.508. The van der Waals surface area contributed by atoms with Gasteiger partial charge in [0.1, 0.15) is 18.8 Å². The molecular weight excluding hydrogens is 406 g/mol. The number of benzene rings is 3. The van der Waals surface area contributed by atoms with E-state index in [1.54, 1.807) is 18.4 Å². The minimum atomic E-state index is -0.192. The minimum absolute atomic E-state index is 0.192. The number of rotatable bonds is 5. The Balaban J connectivity index is 1.33. The number of methoxy groups -OCH3 is 1. The number of aromatic nitrogens is 1. The Morgan fingerprint density at radius 2 is 1.84 bits per heavy atom. The van der Waals surface area contributed by atoms with E-state index in [-0.39, 0.29) is 5.91 Å². The van der Waals surface area contributed by atoms with Gasteiger partial charge in [-0.15, -0.1) is 0 Å². The van der Waals surface area contributed by atoms with Gasteiger partial charge in [-0.2, -0.15) is 0 Å². The van der Waals surface area contributed by atoms with E-state index in [1.165, 1.54) is 15.3 Å². The minimum Gasteiger partial charge on any atom is -0.496 e. The molecule has 0 radical (unpaired) electrons. The SMILES string of the molecule is COc1cc2ccccc2cc1C(=O)Nc1nc2c(s1)C[NH+](Cc1ccccc1)CC2. The van der Waals surface area contributed by atoms with Gasteiger partial charge in [0, 0.05) is 12.0 Å². The molecule has 5 rings (SSSR count). The molecule has 0 bridgehead atoms. The van der Waals surface area contributed by atoms with Crippen molar-refractivity contribution in [3.8, 4) is 5.75 Å². The molecular formula is C25H24N3O2S+. The standard InChI is InChI=1S/C25H23N3O2S/c1-30-22-14-19-10-6-5-9-18(19)13-20(22)24(29)27-25-26-21-11-12-28(16-23(21)31-25)15-17-7-3-2-4-8-17/h2-10,13-14H,11-12,15-16H2,1H3,(H,26,27,29)/p+1. The van der Waals surface area contributed by atoms with Crippen molar-refractivity contribution in [1.82, 2.24) is 4.98 Å². The van der Waals surface area contributed by atoms with E-state index in [2.05, 4.69) is 35.6 Å². The van der Waals surface area contributed by atoms with Crippen LogP contribution in [-0.2, 0) is 19.5 Å². The zero-order valence-electron chi connectivity index (χ0n) is 17.4. The van der Waals surface area contributed by atoms with Crippen LogP contribution in [0.2, 0.25) is 0 Å². The number of ether oxygens (including phenoxy) is 1. The van der Waals surface area contributed by atoms with Crippen LogP contribution in [0, 0.1) is 0 Å². The van der Waals surface area contributed by atoms with E-state index in [0.717, 1.165) is 42.5 Å². The van der Waals surface area contributed by atoms with Crippen molar-refractivity contribution in [2.45, 2.75) is 19.5 Å². The van der Waals surface area contributed by atoms with Gasteiger partial charge in [-0.1, -0.05) is 65.9 Å². The number of anilines is 1. The number of hydrogen-bond donors (Lipinski definition) is 2. The fourth-order valence-corrected chi connectivity index (χ4v) is 5.22. The van der Waals surface area contributed by atoms with Gasteiger partial charge in [-0.3, -0.25) is 10.1 Å². The summed E-state index contributed by atoms with van der Waals surface area (Å²) in [6.07, 6.45) is 0.934. The normalized spacial score (nSPS) is 15.5. The summed E-state index contributed by atoms with van der Waals surface area (Å²) in [4.78, 5) is 20.5. The molecule has 2 heterocycles. The van der Waals surface area contributed by atoms with Crippen LogP contribution in [0.4, 0.5) is 5.13 Å². The number of fused-ring (bicyclic) bond motifs is 2. The van der Waals surface area contributed by atoms with Crippen LogP contribution in [-0.4, -0.2) is 24.5 Å². The van der Waals surface area contributed by atoms with Crippen molar-refractivity contribution in [2.75, 3.05) is 19.0 Å². The van der Waals surface area contributed by atoms with Gasteiger partial charge in [0.05, 0.1) is 29.8 Å². The Morgan fingerprint density at radius 3 is 2.61 bits per heavy atom. The lowest BCUT2D eigenvalue weighted by Gasteiger charge is -2.22. The van der Waals surface area contributed by atoms with Gasteiger partial charge < -0.3 is 9.64 Å². The first-order valence-corrected chi connectivity index (χ1v) is 11.3. The number of amides is 1. The fourth-order valence-electron chi connectivity index (χ4n) is 4.15. The topological polar surface area (TPSA) is 55.7 Å². The maximum atomic E-state index is 13.0. The third kappa shape index (κ3) is 4.17. The lowest BCUT2D eigenvalue weighted by molar-refractivity contribution is -0.929. The maximum absolute atomic E-state index is 13.0. The molecule has 156 valence electrons. The molecule has 1 atom stereocenters. The number of quaternary nitrogens is 1. The van der Waals surface area contributed by atoms with E-state index in [9.17, 15) is 4.79 Å². The summed E-state index contributed by atoms with van der Waals surface area (Å²) in [7, 11) is 1.59. The van der Waals surface area contributed by atoms with Gasteiger partial charge in [0.2, 0.25) is 0 Å². The molecule has 0 saturated carbocycles. The first-order chi connectivity index (χ1) is 15.2. The highest BCUT2D eigenvalue weighted by Crippen LogP contribution is 2.29. The zero-order chi connectivity index (χ0) is 21.2. The van der Waals surface area contributed by atoms with Gasteiger partial charge in [0.15, 0.2) is 5.13 Å². The first-order valence-electron chi connectivity index (χ1n) is 10.4. The molecule has 31 heavy (non-hydrogen) atoms. The average Bonchev–Trinajstić information content (AvgIpc) is 3.20. The van der Waals surface area contributed by atoms with Crippen molar-refractivity contribution >= 4 is 33.1 Å².